The van der Waals surface area contributed by atoms with Crippen molar-refractivity contribution in [3.05, 3.63) is 40.6 Å². The summed E-state index contributed by atoms with van der Waals surface area (Å²) in [6.07, 6.45) is 1.57. The van der Waals surface area contributed by atoms with E-state index in [0.29, 0.717) is 25.5 Å². The van der Waals surface area contributed by atoms with E-state index in [1.807, 2.05) is 11.4 Å². The standard InChI is InChI=1S/C18H23NO5S2/c1-22-14-5-6-15(23-2)16(12-14)26(20,21)19-13-18(7-9-24-10-8-18)17-4-3-11-25-17/h3-6,11-12,19H,7-10,13H2,1-2H3. The maximum absolute atomic E-state index is 13.0. The van der Waals surface area contributed by atoms with Gasteiger partial charge >= 0.3 is 0 Å². The molecule has 1 aromatic heterocycles. The van der Waals surface area contributed by atoms with Gasteiger partial charge in [0, 0.05) is 36.1 Å². The quantitative estimate of drug-likeness (QED) is 0.778. The molecule has 1 aliphatic heterocycles. The lowest BCUT2D eigenvalue weighted by Crippen LogP contribution is -2.44. The number of rotatable bonds is 7. The van der Waals surface area contributed by atoms with Crippen LogP contribution in [0.5, 0.6) is 11.5 Å². The van der Waals surface area contributed by atoms with E-state index in [0.717, 1.165) is 12.8 Å². The van der Waals surface area contributed by atoms with Gasteiger partial charge in [-0.1, -0.05) is 6.07 Å². The topological polar surface area (TPSA) is 73.9 Å². The molecule has 0 atom stereocenters. The number of sulfonamides is 1. The van der Waals surface area contributed by atoms with Gasteiger partial charge in [-0.25, -0.2) is 13.1 Å². The molecule has 0 amide bonds. The van der Waals surface area contributed by atoms with Crippen molar-refractivity contribution >= 4 is 21.4 Å². The monoisotopic (exact) mass is 397 g/mol. The highest BCUT2D eigenvalue weighted by atomic mass is 32.2. The molecule has 0 unspecified atom stereocenters. The van der Waals surface area contributed by atoms with E-state index in [-0.39, 0.29) is 16.1 Å². The first kappa shape index (κ1) is 19.2. The van der Waals surface area contributed by atoms with E-state index >= 15 is 0 Å². The van der Waals surface area contributed by atoms with Crippen LogP contribution in [0.1, 0.15) is 17.7 Å². The molecule has 2 heterocycles. The summed E-state index contributed by atoms with van der Waals surface area (Å²) in [4.78, 5) is 1.26. The summed E-state index contributed by atoms with van der Waals surface area (Å²) < 4.78 is 44.6. The van der Waals surface area contributed by atoms with Gasteiger partial charge in [-0.15, -0.1) is 11.3 Å². The van der Waals surface area contributed by atoms with E-state index in [2.05, 4.69) is 10.8 Å². The van der Waals surface area contributed by atoms with E-state index in [9.17, 15) is 8.42 Å². The minimum Gasteiger partial charge on any atom is -0.497 e. The van der Waals surface area contributed by atoms with Crippen LogP contribution in [0.4, 0.5) is 0 Å². The van der Waals surface area contributed by atoms with Crippen LogP contribution in [0.2, 0.25) is 0 Å². The van der Waals surface area contributed by atoms with Gasteiger partial charge in [-0.3, -0.25) is 0 Å². The Morgan fingerprint density at radius 3 is 2.58 bits per heavy atom. The Morgan fingerprint density at radius 2 is 1.96 bits per heavy atom. The van der Waals surface area contributed by atoms with Crippen LogP contribution < -0.4 is 14.2 Å². The maximum atomic E-state index is 13.0. The summed E-state index contributed by atoms with van der Waals surface area (Å²) in [6.45, 7) is 1.57. The second-order valence-corrected chi connectivity index (χ2v) is 8.89. The van der Waals surface area contributed by atoms with Crippen LogP contribution in [0.3, 0.4) is 0 Å². The lowest BCUT2D eigenvalue weighted by molar-refractivity contribution is 0.0529. The fourth-order valence-corrected chi connectivity index (χ4v) is 5.45. The Morgan fingerprint density at radius 1 is 1.19 bits per heavy atom. The van der Waals surface area contributed by atoms with Crippen LogP contribution in [0.25, 0.3) is 0 Å². The molecule has 0 aliphatic carbocycles. The van der Waals surface area contributed by atoms with Gasteiger partial charge in [-0.05, 0) is 36.4 Å². The summed E-state index contributed by atoms with van der Waals surface area (Å²) in [5.41, 5.74) is -0.244. The van der Waals surface area contributed by atoms with Crippen molar-refractivity contribution in [1.29, 1.82) is 0 Å². The Kier molecular flexibility index (Phi) is 5.86. The van der Waals surface area contributed by atoms with Gasteiger partial charge in [-0.2, -0.15) is 0 Å². The van der Waals surface area contributed by atoms with E-state index in [1.54, 1.807) is 23.5 Å². The van der Waals surface area contributed by atoms with Crippen molar-refractivity contribution in [2.75, 3.05) is 34.0 Å². The normalized spacial score (nSPS) is 17.0. The molecule has 1 fully saturated rings. The third-order valence-corrected chi connectivity index (χ3v) is 7.29. The highest BCUT2D eigenvalue weighted by Gasteiger charge is 2.37. The summed E-state index contributed by atoms with van der Waals surface area (Å²) in [7, 11) is -0.805. The van der Waals surface area contributed by atoms with Gasteiger partial charge in [0.2, 0.25) is 10.0 Å². The van der Waals surface area contributed by atoms with E-state index in [4.69, 9.17) is 14.2 Å². The first-order valence-electron chi connectivity index (χ1n) is 8.34. The highest BCUT2D eigenvalue weighted by molar-refractivity contribution is 7.89. The smallest absolute Gasteiger partial charge is 0.244 e. The Labute approximate surface area is 158 Å². The van der Waals surface area contributed by atoms with E-state index in [1.165, 1.54) is 25.2 Å². The zero-order valence-corrected chi connectivity index (χ0v) is 16.5. The predicted octanol–water partition coefficient (Wildman–Crippen LogP) is 2.79. The van der Waals surface area contributed by atoms with E-state index < -0.39 is 10.0 Å². The lowest BCUT2D eigenvalue weighted by Gasteiger charge is -2.36. The SMILES string of the molecule is COc1ccc(OC)c(S(=O)(=O)NCC2(c3cccs3)CCOCC2)c1. The van der Waals surface area contributed by atoms with Crippen molar-refractivity contribution < 1.29 is 22.6 Å². The van der Waals surface area contributed by atoms with Crippen molar-refractivity contribution in [2.45, 2.75) is 23.2 Å². The molecule has 142 valence electrons. The zero-order valence-electron chi connectivity index (χ0n) is 14.9. The molecular formula is C18H23NO5S2. The Balaban J connectivity index is 1.87. The molecule has 0 saturated carbocycles. The molecule has 1 saturated heterocycles. The molecule has 8 heteroatoms. The lowest BCUT2D eigenvalue weighted by atomic mass is 9.79. The molecule has 1 N–H and O–H groups in total. The number of methoxy groups -OCH3 is 2. The van der Waals surface area contributed by atoms with Gasteiger partial charge < -0.3 is 14.2 Å². The molecule has 1 aromatic carbocycles. The van der Waals surface area contributed by atoms with Crippen LogP contribution in [-0.2, 0) is 20.2 Å². The summed E-state index contributed by atoms with van der Waals surface area (Å²) >= 11 is 1.65. The second kappa shape index (κ2) is 7.96. The van der Waals surface area contributed by atoms with Gasteiger partial charge in [0.05, 0.1) is 14.2 Å². The van der Waals surface area contributed by atoms with Crippen LogP contribution in [0.15, 0.2) is 40.6 Å². The molecule has 0 bridgehead atoms. The average Bonchev–Trinajstić information content (AvgIpc) is 3.22. The number of hydrogen-bond acceptors (Lipinski definition) is 6. The molecule has 0 spiro atoms. The molecular weight excluding hydrogens is 374 g/mol. The number of ether oxygens (including phenoxy) is 3. The van der Waals surface area contributed by atoms with Crippen LogP contribution in [0, 0.1) is 0 Å². The molecule has 0 radical (unpaired) electrons. The van der Waals surface area contributed by atoms with Gasteiger partial charge in [0.15, 0.2) is 0 Å². The van der Waals surface area contributed by atoms with Crippen molar-refractivity contribution in [1.82, 2.24) is 4.72 Å². The number of benzene rings is 1. The largest absolute Gasteiger partial charge is 0.497 e. The minimum absolute atomic E-state index is 0.0766. The molecule has 1 aliphatic rings. The minimum atomic E-state index is -3.76. The fourth-order valence-electron chi connectivity index (χ4n) is 3.16. The fraction of sp³-hybridized carbons (Fsp3) is 0.444. The summed E-state index contributed by atoms with van der Waals surface area (Å²) in [5.74, 6) is 0.751. The Hall–Kier alpha value is -1.61. The third-order valence-electron chi connectivity index (χ3n) is 4.75. The molecule has 26 heavy (non-hydrogen) atoms. The number of hydrogen-bond donors (Lipinski definition) is 1. The van der Waals surface area contributed by atoms with Crippen LogP contribution >= 0.6 is 11.3 Å². The third kappa shape index (κ3) is 3.88. The zero-order chi connectivity index (χ0) is 18.6. The summed E-state index contributed by atoms with van der Waals surface area (Å²) in [6, 6.07) is 8.80. The maximum Gasteiger partial charge on any atom is 0.244 e. The number of thiophene rings is 1. The van der Waals surface area contributed by atoms with Crippen molar-refractivity contribution in [3.63, 3.8) is 0 Å². The van der Waals surface area contributed by atoms with Crippen molar-refractivity contribution in [3.8, 4) is 11.5 Å². The first-order chi connectivity index (χ1) is 12.5. The van der Waals surface area contributed by atoms with Crippen molar-refractivity contribution in [2.24, 2.45) is 0 Å². The number of nitrogens with one attached hydrogen (secondary N) is 1. The van der Waals surface area contributed by atoms with Gasteiger partial charge in [0.25, 0.3) is 0 Å². The highest BCUT2D eigenvalue weighted by Crippen LogP contribution is 2.37. The summed E-state index contributed by atoms with van der Waals surface area (Å²) in [5, 5.41) is 2.02. The Bertz CT molecular complexity index is 827. The van der Waals surface area contributed by atoms with Crippen LogP contribution in [-0.4, -0.2) is 42.4 Å². The van der Waals surface area contributed by atoms with Gasteiger partial charge in [0.1, 0.15) is 16.4 Å². The average molecular weight is 398 g/mol. The molecule has 3 rings (SSSR count). The first-order valence-corrected chi connectivity index (χ1v) is 10.7. The second-order valence-electron chi connectivity index (χ2n) is 6.21. The predicted molar refractivity (Wildman–Crippen MR) is 101 cm³/mol. The molecule has 2 aromatic rings. The molecule has 6 nitrogen and oxygen atoms in total.